The van der Waals surface area contributed by atoms with E-state index in [2.05, 4.69) is 25.8 Å². The number of rotatable bonds is 7. The zero-order valence-electron chi connectivity index (χ0n) is 15.3. The summed E-state index contributed by atoms with van der Waals surface area (Å²) in [6, 6.07) is 11.0. The summed E-state index contributed by atoms with van der Waals surface area (Å²) in [6.45, 7) is 0. The van der Waals surface area contributed by atoms with Gasteiger partial charge in [-0.25, -0.2) is 0 Å². The second-order valence-corrected chi connectivity index (χ2v) is 6.62. The van der Waals surface area contributed by atoms with E-state index in [1.54, 1.807) is 31.6 Å². The first kappa shape index (κ1) is 19.6. The van der Waals surface area contributed by atoms with E-state index in [-0.39, 0.29) is 18.2 Å². The Morgan fingerprint density at radius 2 is 1.79 bits per heavy atom. The summed E-state index contributed by atoms with van der Waals surface area (Å²) in [5, 5.41) is 13.2. The molecule has 144 valence electrons. The molecule has 0 fully saturated rings. The first-order valence-corrected chi connectivity index (χ1v) is 9.17. The molecule has 0 bridgehead atoms. The van der Waals surface area contributed by atoms with Crippen LogP contribution in [0.5, 0.6) is 0 Å². The summed E-state index contributed by atoms with van der Waals surface area (Å²) in [4.78, 5) is 28.4. The van der Waals surface area contributed by atoms with Crippen molar-refractivity contribution in [3.8, 4) is 11.3 Å². The van der Waals surface area contributed by atoms with Crippen molar-refractivity contribution >= 4 is 29.2 Å². The van der Waals surface area contributed by atoms with E-state index in [4.69, 9.17) is 11.6 Å². The first-order chi connectivity index (χ1) is 13.6. The van der Waals surface area contributed by atoms with Crippen molar-refractivity contribution in [3.63, 3.8) is 0 Å². The molecule has 3 aromatic rings. The number of H-pyrrole nitrogens is 1. The number of nitrogens with zero attached hydrogens (tertiary/aromatic N) is 2. The Labute approximate surface area is 167 Å². The third kappa shape index (κ3) is 4.95. The average Bonchev–Trinajstić information content (AvgIpc) is 3.10. The van der Waals surface area contributed by atoms with Crippen molar-refractivity contribution in [2.24, 2.45) is 0 Å². The number of pyridine rings is 1. The summed E-state index contributed by atoms with van der Waals surface area (Å²) < 4.78 is 0. The van der Waals surface area contributed by atoms with E-state index in [1.165, 1.54) is 0 Å². The molecule has 0 unspecified atom stereocenters. The maximum atomic E-state index is 12.4. The predicted molar refractivity (Wildman–Crippen MR) is 108 cm³/mol. The summed E-state index contributed by atoms with van der Waals surface area (Å²) in [5.74, 6) is 0.00535. The fourth-order valence-corrected chi connectivity index (χ4v) is 2.88. The third-order valence-electron chi connectivity index (χ3n) is 4.26. The molecule has 3 rings (SSSR count). The molecule has 7 nitrogen and oxygen atoms in total. The predicted octanol–water partition coefficient (Wildman–Crippen LogP) is 2.98. The number of benzene rings is 1. The maximum Gasteiger partial charge on any atom is 0.225 e. The number of anilines is 1. The molecule has 0 saturated carbocycles. The van der Waals surface area contributed by atoms with Gasteiger partial charge >= 0.3 is 0 Å². The smallest absolute Gasteiger partial charge is 0.225 e. The third-order valence-corrected chi connectivity index (χ3v) is 4.52. The van der Waals surface area contributed by atoms with Crippen LogP contribution < -0.4 is 10.6 Å². The number of likely N-dealkylation sites (N-methyl/N-ethyl adjacent to an activating group) is 1. The minimum absolute atomic E-state index is 0.0947. The molecular weight excluding hydrogens is 378 g/mol. The van der Waals surface area contributed by atoms with Crippen LogP contribution in [0, 0.1) is 0 Å². The Hall–Kier alpha value is -3.19. The molecule has 0 radical (unpaired) electrons. The fraction of sp³-hybridized carbons (Fsp3) is 0.200. The van der Waals surface area contributed by atoms with Gasteiger partial charge in [-0.05, 0) is 36.2 Å². The van der Waals surface area contributed by atoms with Gasteiger partial charge in [0.2, 0.25) is 11.8 Å². The fourth-order valence-electron chi connectivity index (χ4n) is 2.75. The van der Waals surface area contributed by atoms with Crippen LogP contribution >= 0.6 is 11.6 Å². The van der Waals surface area contributed by atoms with Crippen LogP contribution in [0.15, 0.2) is 48.8 Å². The molecule has 28 heavy (non-hydrogen) atoms. The first-order valence-electron chi connectivity index (χ1n) is 8.79. The largest absolute Gasteiger partial charge is 0.359 e. The van der Waals surface area contributed by atoms with Crippen molar-refractivity contribution < 1.29 is 9.59 Å². The zero-order chi connectivity index (χ0) is 19.9. The second kappa shape index (κ2) is 9.14. The Morgan fingerprint density at radius 1 is 1.07 bits per heavy atom. The highest BCUT2D eigenvalue weighted by Crippen LogP contribution is 2.27. The lowest BCUT2D eigenvalue weighted by Gasteiger charge is -2.07. The molecule has 1 aromatic carbocycles. The Bertz CT molecular complexity index is 954. The van der Waals surface area contributed by atoms with Crippen LogP contribution in [0.4, 0.5) is 5.82 Å². The van der Waals surface area contributed by atoms with Crippen LogP contribution in [-0.4, -0.2) is 34.0 Å². The highest BCUT2D eigenvalue weighted by atomic mass is 35.5. The number of nitrogens with one attached hydrogen (secondary N) is 3. The van der Waals surface area contributed by atoms with E-state index in [0.29, 0.717) is 34.9 Å². The standard InChI is InChI=1S/C20H20ClN5O2/c1-22-18(28)12-16-19(14-8-10-23-11-9-14)25-26-20(16)24-17(27)7-4-13-2-5-15(21)6-3-13/h2-3,5-6,8-11H,4,7,12H2,1H3,(H,22,28)(H2,24,25,26,27). The molecule has 0 atom stereocenters. The zero-order valence-corrected chi connectivity index (χ0v) is 16.1. The summed E-state index contributed by atoms with van der Waals surface area (Å²) in [7, 11) is 1.57. The highest BCUT2D eigenvalue weighted by molar-refractivity contribution is 6.30. The van der Waals surface area contributed by atoms with E-state index in [9.17, 15) is 9.59 Å². The average molecular weight is 398 g/mol. The topological polar surface area (TPSA) is 99.8 Å². The minimum Gasteiger partial charge on any atom is -0.359 e. The second-order valence-electron chi connectivity index (χ2n) is 6.19. The number of carbonyl (C=O) groups excluding carboxylic acids is 2. The van der Waals surface area contributed by atoms with Gasteiger partial charge < -0.3 is 10.6 Å². The van der Waals surface area contributed by atoms with E-state index in [1.807, 2.05) is 24.3 Å². The van der Waals surface area contributed by atoms with Gasteiger partial charge in [-0.2, -0.15) is 5.10 Å². The lowest BCUT2D eigenvalue weighted by molar-refractivity contribution is -0.120. The van der Waals surface area contributed by atoms with Gasteiger partial charge in [-0.1, -0.05) is 23.7 Å². The molecule has 0 aliphatic rings. The van der Waals surface area contributed by atoms with Crippen LogP contribution in [0.1, 0.15) is 17.5 Å². The number of carbonyl (C=O) groups is 2. The van der Waals surface area contributed by atoms with E-state index in [0.717, 1.165) is 11.1 Å². The van der Waals surface area contributed by atoms with Crippen molar-refractivity contribution in [3.05, 3.63) is 64.9 Å². The Kier molecular flexibility index (Phi) is 6.39. The molecule has 2 heterocycles. The molecule has 0 spiro atoms. The quantitative estimate of drug-likeness (QED) is 0.570. The van der Waals surface area contributed by atoms with Crippen LogP contribution in [0.25, 0.3) is 11.3 Å². The number of aromatic amines is 1. The number of aromatic nitrogens is 3. The lowest BCUT2D eigenvalue weighted by Crippen LogP contribution is -2.21. The highest BCUT2D eigenvalue weighted by Gasteiger charge is 2.19. The van der Waals surface area contributed by atoms with Crippen molar-refractivity contribution in [2.75, 3.05) is 12.4 Å². The van der Waals surface area contributed by atoms with Gasteiger partial charge in [0.05, 0.1) is 12.1 Å². The normalized spacial score (nSPS) is 10.5. The molecule has 0 saturated heterocycles. The molecule has 2 aromatic heterocycles. The minimum atomic E-state index is -0.180. The monoisotopic (exact) mass is 397 g/mol. The van der Waals surface area contributed by atoms with Crippen LogP contribution in [-0.2, 0) is 22.4 Å². The maximum absolute atomic E-state index is 12.4. The number of amides is 2. The van der Waals surface area contributed by atoms with Gasteiger partial charge in [0.1, 0.15) is 0 Å². The SMILES string of the molecule is CNC(=O)Cc1c(NC(=O)CCc2ccc(Cl)cc2)n[nH]c1-c1ccncc1. The van der Waals surface area contributed by atoms with Crippen LogP contribution in [0.3, 0.4) is 0 Å². The molecular formula is C20H20ClN5O2. The van der Waals surface area contributed by atoms with Gasteiger partial charge in [-0.15, -0.1) is 0 Å². The molecule has 2 amide bonds. The molecule has 3 N–H and O–H groups in total. The van der Waals surface area contributed by atoms with Gasteiger partial charge in [0.25, 0.3) is 0 Å². The van der Waals surface area contributed by atoms with Crippen molar-refractivity contribution in [1.29, 1.82) is 0 Å². The van der Waals surface area contributed by atoms with E-state index < -0.39 is 0 Å². The Morgan fingerprint density at radius 3 is 2.46 bits per heavy atom. The van der Waals surface area contributed by atoms with Crippen LogP contribution in [0.2, 0.25) is 5.02 Å². The number of aryl methyl sites for hydroxylation is 1. The Balaban J connectivity index is 1.75. The van der Waals surface area contributed by atoms with Gasteiger partial charge in [-0.3, -0.25) is 19.7 Å². The summed E-state index contributed by atoms with van der Waals surface area (Å²) in [6.07, 6.45) is 4.28. The number of hydrogen-bond acceptors (Lipinski definition) is 4. The molecule has 0 aliphatic heterocycles. The van der Waals surface area contributed by atoms with E-state index >= 15 is 0 Å². The van der Waals surface area contributed by atoms with Gasteiger partial charge in [0.15, 0.2) is 5.82 Å². The molecule has 8 heteroatoms. The molecule has 0 aliphatic carbocycles. The number of halogens is 1. The number of hydrogen-bond donors (Lipinski definition) is 3. The van der Waals surface area contributed by atoms with Crippen molar-refractivity contribution in [2.45, 2.75) is 19.3 Å². The summed E-state index contributed by atoms with van der Waals surface area (Å²) in [5.41, 5.74) is 3.16. The summed E-state index contributed by atoms with van der Waals surface area (Å²) >= 11 is 5.88. The van der Waals surface area contributed by atoms with Crippen molar-refractivity contribution in [1.82, 2.24) is 20.5 Å². The van der Waals surface area contributed by atoms with Gasteiger partial charge in [0, 0.05) is 42.0 Å². The lowest BCUT2D eigenvalue weighted by atomic mass is 10.1.